The molecule has 20 heavy (non-hydrogen) atoms. The van der Waals surface area contributed by atoms with Crippen LogP contribution < -0.4 is 16.4 Å². The molecule has 1 aromatic heterocycles. The fourth-order valence-electron chi connectivity index (χ4n) is 1.84. The van der Waals surface area contributed by atoms with Crippen LogP contribution in [0.15, 0.2) is 29.8 Å². The quantitative estimate of drug-likeness (QED) is 0.712. The molecule has 4 N–H and O–H groups in total. The molecular weight excluding hydrogens is 272 g/mol. The molecule has 5 nitrogen and oxygen atoms in total. The van der Waals surface area contributed by atoms with E-state index in [-0.39, 0.29) is 5.91 Å². The summed E-state index contributed by atoms with van der Waals surface area (Å²) in [5, 5.41) is 9.08. The van der Waals surface area contributed by atoms with Gasteiger partial charge < -0.3 is 16.4 Å². The van der Waals surface area contributed by atoms with Crippen molar-refractivity contribution >= 4 is 28.6 Å². The van der Waals surface area contributed by atoms with Crippen LogP contribution >= 0.6 is 11.3 Å². The van der Waals surface area contributed by atoms with Gasteiger partial charge in [-0.2, -0.15) is 0 Å². The molecule has 106 valence electrons. The van der Waals surface area contributed by atoms with Crippen LogP contribution in [0.25, 0.3) is 0 Å². The molecule has 0 unspecified atom stereocenters. The Kier molecular flexibility index (Phi) is 4.95. The molecule has 0 aliphatic heterocycles. The van der Waals surface area contributed by atoms with E-state index in [1.807, 2.05) is 12.3 Å². The number of carbonyl (C=O) groups excluding carboxylic acids is 1. The third kappa shape index (κ3) is 3.71. The van der Waals surface area contributed by atoms with Gasteiger partial charge in [-0.15, -0.1) is 11.3 Å². The number of amides is 1. The van der Waals surface area contributed by atoms with Crippen LogP contribution in [0.5, 0.6) is 0 Å². The van der Waals surface area contributed by atoms with Crippen LogP contribution in [0.2, 0.25) is 0 Å². The Bertz CT molecular complexity index is 569. The van der Waals surface area contributed by atoms with Gasteiger partial charge >= 0.3 is 0 Å². The van der Waals surface area contributed by atoms with Gasteiger partial charge in [0.15, 0.2) is 0 Å². The van der Waals surface area contributed by atoms with Crippen LogP contribution in [0.4, 0.5) is 11.4 Å². The second-order valence-electron chi connectivity index (χ2n) is 4.27. The van der Waals surface area contributed by atoms with E-state index in [1.54, 1.807) is 35.7 Å². The minimum atomic E-state index is -0.0933. The van der Waals surface area contributed by atoms with Gasteiger partial charge in [-0.05, 0) is 25.1 Å². The number of aromatic nitrogens is 1. The lowest BCUT2D eigenvalue weighted by atomic mass is 10.1. The first-order valence-electron chi connectivity index (χ1n) is 6.50. The molecule has 0 radical (unpaired) electrons. The number of nitrogens with two attached hydrogens (primary N) is 1. The van der Waals surface area contributed by atoms with Gasteiger partial charge in [0, 0.05) is 42.5 Å². The van der Waals surface area contributed by atoms with Crippen molar-refractivity contribution in [2.24, 2.45) is 0 Å². The van der Waals surface area contributed by atoms with E-state index in [0.717, 1.165) is 17.1 Å². The van der Waals surface area contributed by atoms with E-state index in [1.165, 1.54) is 0 Å². The first-order chi connectivity index (χ1) is 9.70. The maximum Gasteiger partial charge on any atom is 0.253 e. The van der Waals surface area contributed by atoms with Crippen molar-refractivity contribution in [2.45, 2.75) is 13.3 Å². The Balaban J connectivity index is 2.05. The van der Waals surface area contributed by atoms with Crippen molar-refractivity contribution in [1.29, 1.82) is 0 Å². The zero-order valence-corrected chi connectivity index (χ0v) is 12.2. The van der Waals surface area contributed by atoms with Crippen molar-refractivity contribution < 1.29 is 4.79 Å². The number of hydrogen-bond acceptors (Lipinski definition) is 5. The van der Waals surface area contributed by atoms with Crippen molar-refractivity contribution in [3.05, 3.63) is 40.3 Å². The standard InChI is InChI=1S/C14H18N4OS/c1-2-16-14(19)11-4-3-10(15)9-12(11)17-6-5-13-18-7-8-20-13/h3-4,7-9,17H,2,5-6,15H2,1H3,(H,16,19). The predicted octanol–water partition coefficient (Wildman–Crippen LogP) is 2.13. The Hall–Kier alpha value is -2.08. The smallest absolute Gasteiger partial charge is 0.253 e. The number of thiazole rings is 1. The van der Waals surface area contributed by atoms with Crippen LogP contribution in [0.3, 0.4) is 0 Å². The summed E-state index contributed by atoms with van der Waals surface area (Å²) in [6, 6.07) is 5.26. The van der Waals surface area contributed by atoms with Crippen LogP contribution in [0, 0.1) is 0 Å². The number of nitrogen functional groups attached to an aromatic ring is 1. The number of anilines is 2. The lowest BCUT2D eigenvalue weighted by molar-refractivity contribution is 0.0956. The molecule has 1 amide bonds. The van der Waals surface area contributed by atoms with Gasteiger partial charge in [0.05, 0.1) is 10.6 Å². The molecule has 0 fully saturated rings. The van der Waals surface area contributed by atoms with Crippen molar-refractivity contribution in [3.8, 4) is 0 Å². The monoisotopic (exact) mass is 290 g/mol. The summed E-state index contributed by atoms with van der Waals surface area (Å²) in [4.78, 5) is 16.2. The third-order valence-corrected chi connectivity index (χ3v) is 3.60. The largest absolute Gasteiger partial charge is 0.399 e. The Morgan fingerprint density at radius 3 is 3.00 bits per heavy atom. The van der Waals surface area contributed by atoms with E-state index < -0.39 is 0 Å². The van der Waals surface area contributed by atoms with Gasteiger partial charge in [-0.1, -0.05) is 0 Å². The molecule has 1 aromatic carbocycles. The highest BCUT2D eigenvalue weighted by Crippen LogP contribution is 2.19. The number of hydrogen-bond donors (Lipinski definition) is 3. The maximum absolute atomic E-state index is 12.0. The Morgan fingerprint density at radius 2 is 2.30 bits per heavy atom. The van der Waals surface area contributed by atoms with Gasteiger partial charge in [-0.3, -0.25) is 4.79 Å². The average molecular weight is 290 g/mol. The number of nitrogens with one attached hydrogen (secondary N) is 2. The second kappa shape index (κ2) is 6.91. The molecule has 0 aliphatic rings. The van der Waals surface area contributed by atoms with Crippen LogP contribution in [0.1, 0.15) is 22.3 Å². The van der Waals surface area contributed by atoms with Crippen molar-refractivity contribution in [3.63, 3.8) is 0 Å². The van der Waals surface area contributed by atoms with Crippen molar-refractivity contribution in [2.75, 3.05) is 24.1 Å². The first kappa shape index (κ1) is 14.3. The zero-order chi connectivity index (χ0) is 14.4. The summed E-state index contributed by atoms with van der Waals surface area (Å²) in [6.07, 6.45) is 2.61. The highest BCUT2D eigenvalue weighted by atomic mass is 32.1. The normalized spacial score (nSPS) is 10.2. The molecule has 0 saturated carbocycles. The Labute approximate surface area is 122 Å². The highest BCUT2D eigenvalue weighted by Gasteiger charge is 2.10. The Morgan fingerprint density at radius 1 is 1.45 bits per heavy atom. The van der Waals surface area contributed by atoms with E-state index in [0.29, 0.717) is 24.3 Å². The molecule has 0 bridgehead atoms. The molecule has 1 heterocycles. The number of nitrogens with zero attached hydrogens (tertiary/aromatic N) is 1. The van der Waals surface area contributed by atoms with E-state index >= 15 is 0 Å². The zero-order valence-electron chi connectivity index (χ0n) is 11.3. The number of rotatable bonds is 6. The average Bonchev–Trinajstić information content (AvgIpc) is 2.92. The molecular formula is C14H18N4OS. The molecule has 0 saturated heterocycles. The van der Waals surface area contributed by atoms with Gasteiger partial charge in [0.2, 0.25) is 0 Å². The topological polar surface area (TPSA) is 80.0 Å². The van der Waals surface area contributed by atoms with E-state index in [2.05, 4.69) is 15.6 Å². The van der Waals surface area contributed by atoms with E-state index in [9.17, 15) is 4.79 Å². The summed E-state index contributed by atoms with van der Waals surface area (Å²) in [7, 11) is 0. The summed E-state index contributed by atoms with van der Waals surface area (Å²) >= 11 is 1.62. The molecule has 2 rings (SSSR count). The number of benzene rings is 1. The SMILES string of the molecule is CCNC(=O)c1ccc(N)cc1NCCc1nccs1. The van der Waals surface area contributed by atoms with E-state index in [4.69, 9.17) is 5.73 Å². The highest BCUT2D eigenvalue weighted by molar-refractivity contribution is 7.09. The minimum absolute atomic E-state index is 0.0933. The number of carbonyl (C=O) groups is 1. The minimum Gasteiger partial charge on any atom is -0.399 e. The summed E-state index contributed by atoms with van der Waals surface area (Å²) in [5.74, 6) is -0.0933. The molecule has 0 aliphatic carbocycles. The second-order valence-corrected chi connectivity index (χ2v) is 5.25. The molecule has 2 aromatic rings. The van der Waals surface area contributed by atoms with Crippen molar-refractivity contribution in [1.82, 2.24) is 10.3 Å². The lowest BCUT2D eigenvalue weighted by Gasteiger charge is -2.12. The maximum atomic E-state index is 12.0. The summed E-state index contributed by atoms with van der Waals surface area (Å²) in [5.41, 5.74) is 7.79. The fraction of sp³-hybridized carbons (Fsp3) is 0.286. The van der Waals surface area contributed by atoms with Crippen LogP contribution in [-0.4, -0.2) is 24.0 Å². The van der Waals surface area contributed by atoms with Gasteiger partial charge in [0.25, 0.3) is 5.91 Å². The lowest BCUT2D eigenvalue weighted by Crippen LogP contribution is -2.24. The molecule has 0 spiro atoms. The van der Waals surface area contributed by atoms with Crippen LogP contribution in [-0.2, 0) is 6.42 Å². The third-order valence-electron chi connectivity index (χ3n) is 2.76. The predicted molar refractivity (Wildman–Crippen MR) is 83.2 cm³/mol. The fourth-order valence-corrected chi connectivity index (χ4v) is 2.46. The van der Waals surface area contributed by atoms with Gasteiger partial charge in [0.1, 0.15) is 0 Å². The van der Waals surface area contributed by atoms with Gasteiger partial charge in [-0.25, -0.2) is 4.98 Å². The molecule has 6 heteroatoms. The summed E-state index contributed by atoms with van der Waals surface area (Å²) < 4.78 is 0. The summed E-state index contributed by atoms with van der Waals surface area (Å²) in [6.45, 7) is 3.20. The molecule has 0 atom stereocenters. The first-order valence-corrected chi connectivity index (χ1v) is 7.38.